The lowest BCUT2D eigenvalue weighted by Gasteiger charge is -2.22. The first-order chi connectivity index (χ1) is 15.9. The zero-order valence-electron chi connectivity index (χ0n) is 18.9. The molecule has 0 saturated carbocycles. The van der Waals surface area contributed by atoms with E-state index in [2.05, 4.69) is 10.6 Å². The van der Waals surface area contributed by atoms with E-state index in [1.54, 1.807) is 0 Å². The number of amides is 2. The Bertz CT molecular complexity index is 947. The van der Waals surface area contributed by atoms with Crippen LogP contribution in [0.3, 0.4) is 0 Å². The molecule has 3 N–H and O–H groups in total. The number of carbonyl (C=O) groups is 3. The number of alkyl carbamates (subject to hydrolysis) is 1. The number of rotatable bonds is 11. The largest absolute Gasteiger partial charge is 0.481 e. The fourth-order valence-corrected chi connectivity index (χ4v) is 4.08. The number of hydrogen-bond donors (Lipinski definition) is 3. The highest BCUT2D eigenvalue weighted by Crippen LogP contribution is 2.44. The predicted molar refractivity (Wildman–Crippen MR) is 123 cm³/mol. The average Bonchev–Trinajstić information content (AvgIpc) is 3.13. The van der Waals surface area contributed by atoms with Crippen LogP contribution >= 0.6 is 0 Å². The maximum Gasteiger partial charge on any atom is 0.407 e. The summed E-state index contributed by atoms with van der Waals surface area (Å²) in [6, 6.07) is 14.7. The smallest absolute Gasteiger partial charge is 0.407 e. The summed E-state index contributed by atoms with van der Waals surface area (Å²) in [6.45, 7) is 2.32. The third kappa shape index (κ3) is 6.10. The SMILES string of the molecule is CCC(COC)NC(=O)C(CCC(=O)O)NC(=O)OCC1c2ccccc2-c2ccccc21. The highest BCUT2D eigenvalue weighted by atomic mass is 16.5. The topological polar surface area (TPSA) is 114 Å². The number of carboxylic acid groups (broad SMARTS) is 1. The summed E-state index contributed by atoms with van der Waals surface area (Å²) in [5.41, 5.74) is 4.39. The summed E-state index contributed by atoms with van der Waals surface area (Å²) in [5, 5.41) is 14.4. The van der Waals surface area contributed by atoms with Crippen LogP contribution in [-0.2, 0) is 19.1 Å². The molecule has 2 aromatic carbocycles. The molecule has 2 amide bonds. The minimum absolute atomic E-state index is 0.0468. The van der Waals surface area contributed by atoms with Gasteiger partial charge in [-0.25, -0.2) is 4.79 Å². The van der Waals surface area contributed by atoms with Gasteiger partial charge < -0.3 is 25.2 Å². The maximum atomic E-state index is 12.7. The number of ether oxygens (including phenoxy) is 2. The standard InChI is InChI=1S/C25H30N2O6/c1-3-16(14-32-2)26-24(30)22(12-13-23(28)29)27-25(31)33-15-21-19-10-6-4-8-17(19)18-9-5-7-11-20(18)21/h4-11,16,21-22H,3,12-15H2,1-2H3,(H,26,30)(H,27,31)(H,28,29). The van der Waals surface area contributed by atoms with E-state index in [1.165, 1.54) is 7.11 Å². The molecule has 0 bridgehead atoms. The number of nitrogens with one attached hydrogen (secondary N) is 2. The Balaban J connectivity index is 1.65. The Hall–Kier alpha value is -3.39. The molecule has 8 heteroatoms. The van der Waals surface area contributed by atoms with Crippen molar-refractivity contribution in [2.75, 3.05) is 20.3 Å². The van der Waals surface area contributed by atoms with Gasteiger partial charge in [-0.15, -0.1) is 0 Å². The van der Waals surface area contributed by atoms with Gasteiger partial charge in [0.15, 0.2) is 0 Å². The number of methoxy groups -OCH3 is 1. The Morgan fingerprint density at radius 2 is 1.61 bits per heavy atom. The Kier molecular flexibility index (Phi) is 8.43. The van der Waals surface area contributed by atoms with E-state index in [9.17, 15) is 14.4 Å². The van der Waals surface area contributed by atoms with Crippen molar-refractivity contribution >= 4 is 18.0 Å². The van der Waals surface area contributed by atoms with Gasteiger partial charge in [-0.2, -0.15) is 0 Å². The van der Waals surface area contributed by atoms with Crippen molar-refractivity contribution in [2.24, 2.45) is 0 Å². The van der Waals surface area contributed by atoms with Crippen molar-refractivity contribution in [3.05, 3.63) is 59.7 Å². The van der Waals surface area contributed by atoms with Crippen molar-refractivity contribution < 1.29 is 29.0 Å². The molecule has 0 fully saturated rings. The van der Waals surface area contributed by atoms with Gasteiger partial charge >= 0.3 is 12.1 Å². The third-order valence-corrected chi connectivity index (χ3v) is 5.81. The van der Waals surface area contributed by atoms with E-state index in [-0.39, 0.29) is 31.4 Å². The molecule has 0 spiro atoms. The zero-order valence-corrected chi connectivity index (χ0v) is 18.9. The summed E-state index contributed by atoms with van der Waals surface area (Å²) >= 11 is 0. The van der Waals surface area contributed by atoms with Gasteiger partial charge in [0, 0.05) is 19.4 Å². The fraction of sp³-hybridized carbons (Fsp3) is 0.400. The molecule has 8 nitrogen and oxygen atoms in total. The monoisotopic (exact) mass is 454 g/mol. The van der Waals surface area contributed by atoms with Crippen LogP contribution in [0.1, 0.15) is 43.2 Å². The number of hydrogen-bond acceptors (Lipinski definition) is 5. The van der Waals surface area contributed by atoms with Gasteiger partial charge in [-0.05, 0) is 35.1 Å². The summed E-state index contributed by atoms with van der Waals surface area (Å²) < 4.78 is 10.6. The van der Waals surface area contributed by atoms with Crippen LogP contribution in [0.2, 0.25) is 0 Å². The fourth-order valence-electron chi connectivity index (χ4n) is 4.08. The molecule has 0 heterocycles. The number of carbonyl (C=O) groups excluding carboxylic acids is 2. The lowest BCUT2D eigenvalue weighted by molar-refractivity contribution is -0.137. The van der Waals surface area contributed by atoms with Crippen molar-refractivity contribution in [2.45, 2.75) is 44.2 Å². The van der Waals surface area contributed by atoms with Crippen LogP contribution in [0.4, 0.5) is 4.79 Å². The second-order valence-electron chi connectivity index (χ2n) is 8.02. The molecule has 2 aromatic rings. The minimum atomic E-state index is -1.05. The van der Waals surface area contributed by atoms with E-state index < -0.39 is 24.0 Å². The van der Waals surface area contributed by atoms with Crippen LogP contribution in [0.25, 0.3) is 11.1 Å². The summed E-state index contributed by atoms with van der Waals surface area (Å²) in [5.74, 6) is -1.62. The lowest BCUT2D eigenvalue weighted by atomic mass is 9.98. The molecular weight excluding hydrogens is 424 g/mol. The Morgan fingerprint density at radius 1 is 1.00 bits per heavy atom. The summed E-state index contributed by atoms with van der Waals surface area (Å²) in [6.07, 6.45) is -0.435. The molecule has 0 saturated heterocycles. The van der Waals surface area contributed by atoms with Crippen molar-refractivity contribution in [3.8, 4) is 11.1 Å². The average molecular weight is 455 g/mol. The van der Waals surface area contributed by atoms with Crippen LogP contribution < -0.4 is 10.6 Å². The second-order valence-corrected chi connectivity index (χ2v) is 8.02. The second kappa shape index (κ2) is 11.5. The predicted octanol–water partition coefficient (Wildman–Crippen LogP) is 3.30. The molecule has 3 rings (SSSR count). The highest BCUT2D eigenvalue weighted by molar-refractivity contribution is 5.86. The molecule has 0 aromatic heterocycles. The van der Waals surface area contributed by atoms with Gasteiger partial charge in [-0.3, -0.25) is 9.59 Å². The maximum absolute atomic E-state index is 12.7. The van der Waals surface area contributed by atoms with Crippen LogP contribution in [0, 0.1) is 0 Å². The van der Waals surface area contributed by atoms with Crippen LogP contribution in [-0.4, -0.2) is 55.5 Å². The molecule has 33 heavy (non-hydrogen) atoms. The first kappa shape index (κ1) is 24.3. The number of benzene rings is 2. The zero-order chi connectivity index (χ0) is 23.8. The molecule has 2 atom stereocenters. The summed E-state index contributed by atoms with van der Waals surface area (Å²) in [4.78, 5) is 36.3. The Morgan fingerprint density at radius 3 is 2.15 bits per heavy atom. The van der Waals surface area contributed by atoms with E-state index in [1.807, 2.05) is 55.5 Å². The van der Waals surface area contributed by atoms with E-state index in [0.29, 0.717) is 13.0 Å². The molecule has 176 valence electrons. The van der Waals surface area contributed by atoms with Crippen molar-refractivity contribution in [3.63, 3.8) is 0 Å². The first-order valence-electron chi connectivity index (χ1n) is 11.1. The number of aliphatic carboxylic acids is 1. The first-order valence-corrected chi connectivity index (χ1v) is 11.1. The van der Waals surface area contributed by atoms with Gasteiger partial charge in [0.2, 0.25) is 5.91 Å². The van der Waals surface area contributed by atoms with Crippen LogP contribution in [0.5, 0.6) is 0 Å². The highest BCUT2D eigenvalue weighted by Gasteiger charge is 2.30. The van der Waals surface area contributed by atoms with Gasteiger partial charge in [0.25, 0.3) is 0 Å². The van der Waals surface area contributed by atoms with E-state index in [0.717, 1.165) is 22.3 Å². The molecule has 0 radical (unpaired) electrons. The van der Waals surface area contributed by atoms with Gasteiger partial charge in [0.05, 0.1) is 12.6 Å². The van der Waals surface area contributed by atoms with Gasteiger partial charge in [-0.1, -0.05) is 55.5 Å². The van der Waals surface area contributed by atoms with Crippen molar-refractivity contribution in [1.82, 2.24) is 10.6 Å². The molecule has 0 aliphatic heterocycles. The number of carboxylic acids is 1. The molecule has 1 aliphatic carbocycles. The molecular formula is C25H30N2O6. The lowest BCUT2D eigenvalue weighted by Crippen LogP contribution is -2.50. The quantitative estimate of drug-likeness (QED) is 0.480. The number of fused-ring (bicyclic) bond motifs is 3. The van der Waals surface area contributed by atoms with Crippen molar-refractivity contribution in [1.29, 1.82) is 0 Å². The molecule has 2 unspecified atom stereocenters. The normalized spacial score (nSPS) is 14.0. The van der Waals surface area contributed by atoms with Gasteiger partial charge in [0.1, 0.15) is 12.6 Å². The Labute approximate surface area is 193 Å². The van der Waals surface area contributed by atoms with Crippen LogP contribution in [0.15, 0.2) is 48.5 Å². The van der Waals surface area contributed by atoms with E-state index in [4.69, 9.17) is 14.6 Å². The minimum Gasteiger partial charge on any atom is -0.481 e. The molecule has 1 aliphatic rings. The van der Waals surface area contributed by atoms with E-state index >= 15 is 0 Å². The summed E-state index contributed by atoms with van der Waals surface area (Å²) in [7, 11) is 1.53. The third-order valence-electron chi connectivity index (χ3n) is 5.81.